The Morgan fingerprint density at radius 3 is 2.80 bits per heavy atom. The second-order valence-corrected chi connectivity index (χ2v) is 3.85. The van der Waals surface area contributed by atoms with Crippen molar-refractivity contribution in [1.82, 2.24) is 14.5 Å². The Morgan fingerprint density at radius 2 is 2.15 bits per heavy atom. The summed E-state index contributed by atoms with van der Waals surface area (Å²) in [5, 5.41) is 0. The molecule has 2 aromatic heterocycles. The lowest BCUT2D eigenvalue weighted by Gasteiger charge is -2.09. The number of hydrogen-bond acceptors (Lipinski definition) is 6. The first-order valence-corrected chi connectivity index (χ1v) is 5.95. The quantitative estimate of drug-likeness (QED) is 0.581. The fourth-order valence-corrected chi connectivity index (χ4v) is 1.55. The molecule has 2 heterocycles. The largest absolute Gasteiger partial charge is 0.491 e. The molecule has 0 aliphatic heterocycles. The number of imidazole rings is 1. The van der Waals surface area contributed by atoms with Crippen LogP contribution in [0.15, 0.2) is 30.9 Å². The van der Waals surface area contributed by atoms with Crippen molar-refractivity contribution >= 4 is 5.97 Å². The minimum absolute atomic E-state index is 0.172. The van der Waals surface area contributed by atoms with Gasteiger partial charge in [-0.25, -0.2) is 14.8 Å². The first-order chi connectivity index (χ1) is 9.74. The van der Waals surface area contributed by atoms with Gasteiger partial charge in [-0.1, -0.05) is 0 Å². The van der Waals surface area contributed by atoms with Crippen LogP contribution in [0, 0.1) is 0 Å². The highest BCUT2D eigenvalue weighted by molar-refractivity contribution is 5.87. The third kappa shape index (κ3) is 3.33. The summed E-state index contributed by atoms with van der Waals surface area (Å²) in [6, 6.07) is 3.24. The van der Waals surface area contributed by atoms with Crippen molar-refractivity contribution in [3.05, 3.63) is 36.5 Å². The number of carbonyl (C=O) groups excluding carboxylic acids is 1. The molecular weight excluding hydrogens is 262 g/mol. The highest BCUT2D eigenvalue weighted by atomic mass is 16.5. The molecule has 0 atom stereocenters. The van der Waals surface area contributed by atoms with Gasteiger partial charge in [0.1, 0.15) is 24.5 Å². The molecule has 0 fully saturated rings. The predicted molar refractivity (Wildman–Crippen MR) is 70.1 cm³/mol. The molecule has 0 unspecified atom stereocenters. The van der Waals surface area contributed by atoms with Gasteiger partial charge in [-0.05, 0) is 0 Å². The van der Waals surface area contributed by atoms with Gasteiger partial charge >= 0.3 is 5.97 Å². The van der Waals surface area contributed by atoms with Gasteiger partial charge in [0.2, 0.25) is 0 Å². The van der Waals surface area contributed by atoms with E-state index in [1.807, 2.05) is 0 Å². The Kier molecular flexibility index (Phi) is 4.67. The molecule has 0 saturated carbocycles. The predicted octanol–water partition coefficient (Wildman–Crippen LogP) is 1.08. The summed E-state index contributed by atoms with van der Waals surface area (Å²) in [6.07, 6.45) is 4.93. The molecule has 2 aromatic rings. The lowest BCUT2D eigenvalue weighted by molar-refractivity contribution is 0.0593. The zero-order valence-electron chi connectivity index (χ0n) is 11.3. The summed E-state index contributed by atoms with van der Waals surface area (Å²) in [5.74, 6) is 0.516. The molecule has 0 amide bonds. The number of nitrogens with zero attached hydrogens (tertiary/aromatic N) is 3. The van der Waals surface area contributed by atoms with E-state index in [-0.39, 0.29) is 5.69 Å². The zero-order chi connectivity index (χ0) is 14.4. The monoisotopic (exact) mass is 277 g/mol. The minimum Gasteiger partial charge on any atom is -0.491 e. The molecule has 0 aromatic carbocycles. The van der Waals surface area contributed by atoms with E-state index in [9.17, 15) is 4.79 Å². The van der Waals surface area contributed by atoms with Crippen molar-refractivity contribution in [3.63, 3.8) is 0 Å². The summed E-state index contributed by atoms with van der Waals surface area (Å²) in [6.45, 7) is 0.834. The van der Waals surface area contributed by atoms with Crippen LogP contribution in [-0.2, 0) is 9.47 Å². The Labute approximate surface area is 116 Å². The third-order valence-corrected chi connectivity index (χ3v) is 2.51. The van der Waals surface area contributed by atoms with E-state index in [0.717, 1.165) is 0 Å². The first kappa shape index (κ1) is 14.0. The summed E-state index contributed by atoms with van der Waals surface area (Å²) in [4.78, 5) is 19.8. The van der Waals surface area contributed by atoms with Crippen molar-refractivity contribution < 1.29 is 19.0 Å². The molecule has 0 spiro atoms. The highest BCUT2D eigenvalue weighted by Crippen LogP contribution is 2.17. The van der Waals surface area contributed by atoms with Crippen LogP contribution in [0.2, 0.25) is 0 Å². The molecule has 20 heavy (non-hydrogen) atoms. The lowest BCUT2D eigenvalue weighted by atomic mass is 10.3. The van der Waals surface area contributed by atoms with E-state index in [4.69, 9.17) is 9.47 Å². The molecule has 0 aliphatic carbocycles. The van der Waals surface area contributed by atoms with Gasteiger partial charge in [-0.2, -0.15) is 0 Å². The van der Waals surface area contributed by atoms with Crippen LogP contribution in [0.1, 0.15) is 10.5 Å². The Hall–Kier alpha value is -2.41. The zero-order valence-corrected chi connectivity index (χ0v) is 11.3. The molecule has 2 rings (SSSR count). The lowest BCUT2D eigenvalue weighted by Crippen LogP contribution is -2.10. The van der Waals surface area contributed by atoms with Crippen LogP contribution in [-0.4, -0.2) is 47.9 Å². The van der Waals surface area contributed by atoms with Crippen LogP contribution < -0.4 is 4.74 Å². The van der Waals surface area contributed by atoms with Crippen LogP contribution in [0.4, 0.5) is 0 Å². The maximum absolute atomic E-state index is 11.6. The first-order valence-electron chi connectivity index (χ1n) is 5.95. The van der Waals surface area contributed by atoms with Crippen LogP contribution in [0.3, 0.4) is 0 Å². The number of ether oxygens (including phenoxy) is 3. The normalized spacial score (nSPS) is 10.3. The maximum Gasteiger partial charge on any atom is 0.356 e. The van der Waals surface area contributed by atoms with Crippen molar-refractivity contribution in [2.75, 3.05) is 27.4 Å². The second kappa shape index (κ2) is 6.67. The van der Waals surface area contributed by atoms with E-state index in [1.165, 1.54) is 13.2 Å². The van der Waals surface area contributed by atoms with Gasteiger partial charge in [-0.3, -0.25) is 4.57 Å². The van der Waals surface area contributed by atoms with Gasteiger partial charge in [0.05, 0.1) is 13.7 Å². The molecule has 0 saturated heterocycles. The highest BCUT2D eigenvalue weighted by Gasteiger charge is 2.12. The maximum atomic E-state index is 11.6. The number of aromatic nitrogens is 3. The third-order valence-electron chi connectivity index (χ3n) is 2.51. The van der Waals surface area contributed by atoms with Gasteiger partial charge in [0.25, 0.3) is 0 Å². The van der Waals surface area contributed by atoms with Gasteiger partial charge in [0, 0.05) is 31.6 Å². The summed E-state index contributed by atoms with van der Waals surface area (Å²) < 4.78 is 16.8. The fourth-order valence-electron chi connectivity index (χ4n) is 1.55. The summed E-state index contributed by atoms with van der Waals surface area (Å²) in [5.41, 5.74) is 0.172. The molecule has 7 heteroatoms. The molecule has 7 nitrogen and oxygen atoms in total. The smallest absolute Gasteiger partial charge is 0.356 e. The van der Waals surface area contributed by atoms with Gasteiger partial charge in [0.15, 0.2) is 5.69 Å². The Morgan fingerprint density at radius 1 is 1.30 bits per heavy atom. The number of rotatable bonds is 6. The minimum atomic E-state index is -0.524. The standard InChI is InChI=1S/C13H15N3O4/c1-18-5-6-20-10-7-11(13(17)19-2)15-12(8-10)16-4-3-14-9-16/h3-4,7-9H,5-6H2,1-2H3. The van der Waals surface area contributed by atoms with Crippen LogP contribution in [0.5, 0.6) is 5.75 Å². The molecular formula is C13H15N3O4. The van der Waals surface area contributed by atoms with Crippen molar-refractivity contribution in [2.45, 2.75) is 0 Å². The van der Waals surface area contributed by atoms with E-state index in [0.29, 0.717) is 24.8 Å². The number of pyridine rings is 1. The van der Waals surface area contributed by atoms with E-state index in [2.05, 4.69) is 14.7 Å². The Balaban J connectivity index is 2.31. The van der Waals surface area contributed by atoms with E-state index in [1.54, 1.807) is 36.5 Å². The second-order valence-electron chi connectivity index (χ2n) is 3.85. The van der Waals surface area contributed by atoms with Gasteiger partial charge < -0.3 is 14.2 Å². The van der Waals surface area contributed by atoms with Crippen molar-refractivity contribution in [2.24, 2.45) is 0 Å². The fraction of sp³-hybridized carbons (Fsp3) is 0.308. The SMILES string of the molecule is COCCOc1cc(C(=O)OC)nc(-n2ccnc2)c1. The van der Waals surface area contributed by atoms with E-state index >= 15 is 0 Å². The molecule has 0 bridgehead atoms. The topological polar surface area (TPSA) is 75.5 Å². The number of hydrogen-bond donors (Lipinski definition) is 0. The summed E-state index contributed by atoms with van der Waals surface area (Å²) in [7, 11) is 2.89. The van der Waals surface area contributed by atoms with Crippen molar-refractivity contribution in [1.29, 1.82) is 0 Å². The molecule has 0 radical (unpaired) electrons. The number of carbonyl (C=O) groups is 1. The molecule has 106 valence electrons. The average Bonchev–Trinajstić information content (AvgIpc) is 3.00. The van der Waals surface area contributed by atoms with E-state index < -0.39 is 5.97 Å². The average molecular weight is 277 g/mol. The van der Waals surface area contributed by atoms with Crippen LogP contribution in [0.25, 0.3) is 5.82 Å². The molecule has 0 aliphatic rings. The van der Waals surface area contributed by atoms with Gasteiger partial charge in [-0.15, -0.1) is 0 Å². The number of esters is 1. The van der Waals surface area contributed by atoms with Crippen molar-refractivity contribution in [3.8, 4) is 11.6 Å². The summed E-state index contributed by atoms with van der Waals surface area (Å²) >= 11 is 0. The number of methoxy groups -OCH3 is 2. The Bertz CT molecular complexity index is 569. The molecule has 0 N–H and O–H groups in total. The van der Waals surface area contributed by atoms with Crippen LogP contribution >= 0.6 is 0 Å².